The van der Waals surface area contributed by atoms with E-state index in [1.165, 1.54) is 0 Å². The van der Waals surface area contributed by atoms with E-state index in [4.69, 9.17) is 9.84 Å². The molecular weight excluding hydrogens is 206 g/mol. The fraction of sp³-hybridized carbons (Fsp3) is 0.300. The van der Waals surface area contributed by atoms with Crippen molar-refractivity contribution < 1.29 is 23.4 Å². The van der Waals surface area contributed by atoms with E-state index < -0.39 is 23.5 Å². The summed E-state index contributed by atoms with van der Waals surface area (Å²) in [7, 11) is 0. The third kappa shape index (κ3) is 1.77. The lowest BCUT2D eigenvalue weighted by Crippen LogP contribution is -2.07. The van der Waals surface area contributed by atoms with Crippen LogP contribution in [-0.4, -0.2) is 17.7 Å². The van der Waals surface area contributed by atoms with E-state index in [2.05, 4.69) is 0 Å². The molecular formula is C10H8F2O3. The van der Waals surface area contributed by atoms with Crippen LogP contribution in [0, 0.1) is 11.6 Å². The van der Waals surface area contributed by atoms with Crippen molar-refractivity contribution in [1.82, 2.24) is 0 Å². The van der Waals surface area contributed by atoms with Crippen molar-refractivity contribution in [2.45, 2.75) is 12.3 Å². The van der Waals surface area contributed by atoms with Gasteiger partial charge >= 0.3 is 5.97 Å². The number of benzene rings is 1. The molecule has 1 aromatic rings. The number of hydrogen-bond donors (Lipinski definition) is 1. The highest BCUT2D eigenvalue weighted by Crippen LogP contribution is 2.37. The Hall–Kier alpha value is -1.65. The first-order valence-corrected chi connectivity index (χ1v) is 4.41. The minimum absolute atomic E-state index is 0.141. The van der Waals surface area contributed by atoms with Crippen LogP contribution in [0.3, 0.4) is 0 Å². The second kappa shape index (κ2) is 3.49. The lowest BCUT2D eigenvalue weighted by Gasteiger charge is -2.04. The molecule has 1 aliphatic heterocycles. The van der Waals surface area contributed by atoms with Gasteiger partial charge in [0.15, 0.2) is 11.6 Å². The van der Waals surface area contributed by atoms with Crippen molar-refractivity contribution in [2.75, 3.05) is 6.61 Å². The topological polar surface area (TPSA) is 46.5 Å². The number of halogens is 2. The van der Waals surface area contributed by atoms with E-state index in [-0.39, 0.29) is 18.8 Å². The molecule has 5 heteroatoms. The molecule has 3 nitrogen and oxygen atoms in total. The molecule has 0 saturated heterocycles. The molecule has 1 aromatic carbocycles. The molecule has 15 heavy (non-hydrogen) atoms. The summed E-state index contributed by atoms with van der Waals surface area (Å²) in [6.45, 7) is 0.157. The average Bonchev–Trinajstić information content (AvgIpc) is 2.49. The van der Waals surface area contributed by atoms with Gasteiger partial charge in [-0.05, 0) is 6.07 Å². The lowest BCUT2D eigenvalue weighted by atomic mass is 9.98. The van der Waals surface area contributed by atoms with Crippen LogP contribution in [0.4, 0.5) is 8.78 Å². The summed E-state index contributed by atoms with van der Waals surface area (Å²) in [5.74, 6) is -3.10. The van der Waals surface area contributed by atoms with E-state index in [0.29, 0.717) is 5.56 Å². The number of carboxylic acids is 1. The first-order chi connectivity index (χ1) is 7.08. The van der Waals surface area contributed by atoms with Crippen LogP contribution < -0.4 is 4.74 Å². The van der Waals surface area contributed by atoms with Gasteiger partial charge in [-0.25, -0.2) is 8.78 Å². The monoisotopic (exact) mass is 214 g/mol. The number of aliphatic carboxylic acids is 1. The van der Waals surface area contributed by atoms with E-state index >= 15 is 0 Å². The third-order valence-corrected chi connectivity index (χ3v) is 2.35. The summed E-state index contributed by atoms with van der Waals surface area (Å²) in [5, 5.41) is 8.60. The molecule has 0 radical (unpaired) electrons. The summed E-state index contributed by atoms with van der Waals surface area (Å²) >= 11 is 0. The van der Waals surface area contributed by atoms with E-state index in [1.54, 1.807) is 0 Å². The Morgan fingerprint density at radius 2 is 2.13 bits per heavy atom. The lowest BCUT2D eigenvalue weighted by molar-refractivity contribution is -0.137. The Balaban J connectivity index is 2.34. The first-order valence-electron chi connectivity index (χ1n) is 4.41. The zero-order chi connectivity index (χ0) is 11.0. The van der Waals surface area contributed by atoms with Crippen molar-refractivity contribution >= 4 is 5.97 Å². The Kier molecular flexibility index (Phi) is 2.30. The van der Waals surface area contributed by atoms with Crippen molar-refractivity contribution in [2.24, 2.45) is 0 Å². The zero-order valence-corrected chi connectivity index (χ0v) is 7.67. The fourth-order valence-electron chi connectivity index (χ4n) is 1.65. The van der Waals surface area contributed by atoms with Gasteiger partial charge < -0.3 is 9.84 Å². The quantitative estimate of drug-likeness (QED) is 0.818. The van der Waals surface area contributed by atoms with Gasteiger partial charge in [0.2, 0.25) is 0 Å². The highest BCUT2D eigenvalue weighted by molar-refractivity contribution is 5.68. The highest BCUT2D eigenvalue weighted by atomic mass is 19.2. The van der Waals surface area contributed by atoms with Crippen LogP contribution in [0.5, 0.6) is 5.75 Å². The molecule has 2 rings (SSSR count). The van der Waals surface area contributed by atoms with Crippen molar-refractivity contribution in [3.05, 3.63) is 29.3 Å². The number of carboxylic acid groups (broad SMARTS) is 1. The van der Waals surface area contributed by atoms with E-state index in [0.717, 1.165) is 12.1 Å². The normalized spacial score (nSPS) is 18.4. The van der Waals surface area contributed by atoms with Gasteiger partial charge in [-0.2, -0.15) is 0 Å². The van der Waals surface area contributed by atoms with Crippen molar-refractivity contribution in [1.29, 1.82) is 0 Å². The second-order valence-corrected chi connectivity index (χ2v) is 3.41. The molecule has 0 saturated carbocycles. The Bertz CT molecular complexity index is 417. The molecule has 0 aromatic heterocycles. The first kappa shape index (κ1) is 9.89. The minimum Gasteiger partial charge on any atom is -0.493 e. The molecule has 80 valence electrons. The number of carbonyl (C=O) groups is 1. The highest BCUT2D eigenvalue weighted by Gasteiger charge is 2.28. The standard InChI is InChI=1S/C10H8F2O3/c11-7-2-6-5(1-10(13)14)4-15-9(6)3-8(7)12/h2-3,5H,1,4H2,(H,13,14)/t5-/m0/s1. The van der Waals surface area contributed by atoms with E-state index in [1.807, 2.05) is 0 Å². The maximum Gasteiger partial charge on any atom is 0.304 e. The molecule has 1 aliphatic rings. The predicted octanol–water partition coefficient (Wildman–Crippen LogP) is 1.92. The third-order valence-electron chi connectivity index (χ3n) is 2.35. The number of rotatable bonds is 2. The van der Waals surface area contributed by atoms with Gasteiger partial charge in [0.05, 0.1) is 13.0 Å². The van der Waals surface area contributed by atoms with Gasteiger partial charge in [0, 0.05) is 17.5 Å². The number of ether oxygens (including phenoxy) is 1. The molecule has 1 atom stereocenters. The summed E-state index contributed by atoms with van der Waals surface area (Å²) in [6.07, 6.45) is -0.141. The maximum absolute atomic E-state index is 12.9. The van der Waals surface area contributed by atoms with Gasteiger partial charge in [-0.15, -0.1) is 0 Å². The Morgan fingerprint density at radius 1 is 1.47 bits per heavy atom. The van der Waals surface area contributed by atoms with Crippen LogP contribution in [0.25, 0.3) is 0 Å². The summed E-state index contributed by atoms with van der Waals surface area (Å²) in [4.78, 5) is 10.5. The zero-order valence-electron chi connectivity index (χ0n) is 7.67. The Morgan fingerprint density at radius 3 is 2.80 bits per heavy atom. The predicted molar refractivity (Wildman–Crippen MR) is 46.8 cm³/mol. The molecule has 0 bridgehead atoms. The average molecular weight is 214 g/mol. The van der Waals surface area contributed by atoms with Crippen LogP contribution >= 0.6 is 0 Å². The molecule has 0 amide bonds. The minimum atomic E-state index is -0.985. The Labute approximate surface area is 84.3 Å². The van der Waals surface area contributed by atoms with Gasteiger partial charge in [-0.1, -0.05) is 0 Å². The molecule has 0 spiro atoms. The second-order valence-electron chi connectivity index (χ2n) is 3.41. The molecule has 1 N–H and O–H groups in total. The van der Waals surface area contributed by atoms with Crippen LogP contribution in [-0.2, 0) is 4.79 Å². The largest absolute Gasteiger partial charge is 0.493 e. The van der Waals surface area contributed by atoms with Crippen LogP contribution in [0.1, 0.15) is 17.9 Å². The molecule has 0 aliphatic carbocycles. The molecule has 0 fully saturated rings. The van der Waals surface area contributed by atoms with Crippen LogP contribution in [0.2, 0.25) is 0 Å². The van der Waals surface area contributed by atoms with E-state index in [9.17, 15) is 13.6 Å². The SMILES string of the molecule is O=C(O)C[C@H]1COc2cc(F)c(F)cc21. The molecule has 0 unspecified atom stereocenters. The van der Waals surface area contributed by atoms with Crippen molar-refractivity contribution in [3.8, 4) is 5.75 Å². The van der Waals surface area contributed by atoms with Gasteiger partial charge in [0.1, 0.15) is 5.75 Å². The number of fused-ring (bicyclic) bond motifs is 1. The van der Waals surface area contributed by atoms with Crippen molar-refractivity contribution in [3.63, 3.8) is 0 Å². The molecule has 1 heterocycles. The van der Waals surface area contributed by atoms with Gasteiger partial charge in [0.25, 0.3) is 0 Å². The summed E-state index contributed by atoms with van der Waals surface area (Å²) < 4.78 is 30.8. The summed E-state index contributed by atoms with van der Waals surface area (Å²) in [5.41, 5.74) is 0.427. The maximum atomic E-state index is 12.9. The van der Waals surface area contributed by atoms with Crippen LogP contribution in [0.15, 0.2) is 12.1 Å². The number of hydrogen-bond acceptors (Lipinski definition) is 2. The fourth-order valence-corrected chi connectivity index (χ4v) is 1.65. The van der Waals surface area contributed by atoms with Gasteiger partial charge in [-0.3, -0.25) is 4.79 Å². The summed E-state index contributed by atoms with van der Waals surface area (Å²) in [6, 6.07) is 1.96. The smallest absolute Gasteiger partial charge is 0.304 e.